The van der Waals surface area contributed by atoms with Crippen molar-refractivity contribution in [2.45, 2.75) is 70.6 Å². The van der Waals surface area contributed by atoms with Gasteiger partial charge in [0.1, 0.15) is 0 Å². The van der Waals surface area contributed by atoms with E-state index in [1.165, 1.54) is 28.8 Å². The summed E-state index contributed by atoms with van der Waals surface area (Å²) >= 11 is 1.82. The van der Waals surface area contributed by atoms with E-state index in [0.29, 0.717) is 18.4 Å². The molecule has 1 aliphatic carbocycles. The molecule has 0 radical (unpaired) electrons. The first-order valence-electron chi connectivity index (χ1n) is 10.1. The van der Waals surface area contributed by atoms with E-state index < -0.39 is 0 Å². The van der Waals surface area contributed by atoms with Crippen LogP contribution in [0.1, 0.15) is 81.2 Å². The number of nitrogens with one attached hydrogen (secondary N) is 2. The second-order valence-corrected chi connectivity index (χ2v) is 9.34. The minimum absolute atomic E-state index is 0.0900. The summed E-state index contributed by atoms with van der Waals surface area (Å²) in [5, 5.41) is 8.51. The molecule has 1 aromatic heterocycles. The molecule has 1 aromatic carbocycles. The average Bonchev–Trinajstić information content (AvgIpc) is 3.32. The fraction of sp³-hybridized carbons (Fsp3) is 0.522. The van der Waals surface area contributed by atoms with Gasteiger partial charge in [-0.3, -0.25) is 0 Å². The predicted molar refractivity (Wildman–Crippen MR) is 116 cm³/mol. The zero-order chi connectivity index (χ0) is 19.4. The van der Waals surface area contributed by atoms with Gasteiger partial charge >= 0.3 is 6.03 Å². The number of benzene rings is 1. The van der Waals surface area contributed by atoms with Gasteiger partial charge in [-0.2, -0.15) is 0 Å². The third-order valence-corrected chi connectivity index (χ3v) is 6.92. The number of thiophene rings is 1. The van der Waals surface area contributed by atoms with Gasteiger partial charge in [0.2, 0.25) is 0 Å². The Hall–Kier alpha value is -1.81. The standard InChI is InChI=1S/C23H32N2OS/c1-16(2)18-9-7-10-19(17(3)4)21(18)25-22(26)24-15-23(12-5-6-13-23)20-11-8-14-27-20/h7-11,14,16-17H,5-6,12-13,15H2,1-4H3,(H2,24,25,26). The lowest BCUT2D eigenvalue weighted by molar-refractivity contribution is 0.248. The van der Waals surface area contributed by atoms with Crippen LogP contribution in [0.5, 0.6) is 0 Å². The third kappa shape index (κ3) is 4.37. The van der Waals surface area contributed by atoms with Gasteiger partial charge in [0.05, 0.1) is 0 Å². The van der Waals surface area contributed by atoms with E-state index in [1.54, 1.807) is 0 Å². The molecule has 2 aromatic rings. The van der Waals surface area contributed by atoms with Gasteiger partial charge in [-0.05, 0) is 47.3 Å². The second kappa shape index (κ2) is 8.47. The number of urea groups is 1. The molecule has 0 atom stereocenters. The van der Waals surface area contributed by atoms with Crippen molar-refractivity contribution in [1.29, 1.82) is 0 Å². The fourth-order valence-electron chi connectivity index (χ4n) is 4.24. The Morgan fingerprint density at radius 2 is 1.67 bits per heavy atom. The van der Waals surface area contributed by atoms with Gasteiger partial charge in [-0.25, -0.2) is 4.79 Å². The van der Waals surface area contributed by atoms with E-state index in [1.807, 2.05) is 11.3 Å². The molecule has 0 aliphatic heterocycles. The lowest BCUT2D eigenvalue weighted by atomic mass is 9.84. The summed E-state index contributed by atoms with van der Waals surface area (Å²) in [6, 6.07) is 10.6. The maximum absolute atomic E-state index is 12.8. The Labute approximate surface area is 167 Å². The van der Waals surface area contributed by atoms with Crippen molar-refractivity contribution in [2.24, 2.45) is 0 Å². The highest BCUT2D eigenvalue weighted by atomic mass is 32.1. The lowest BCUT2D eigenvalue weighted by Crippen LogP contribution is -2.40. The minimum atomic E-state index is -0.0900. The van der Waals surface area contributed by atoms with Crippen molar-refractivity contribution >= 4 is 23.1 Å². The highest BCUT2D eigenvalue weighted by Gasteiger charge is 2.36. The van der Waals surface area contributed by atoms with Crippen LogP contribution in [0, 0.1) is 0 Å². The first-order chi connectivity index (χ1) is 12.9. The van der Waals surface area contributed by atoms with Gasteiger partial charge in [-0.1, -0.05) is 64.8 Å². The molecular weight excluding hydrogens is 352 g/mol. The molecule has 0 spiro atoms. The van der Waals surface area contributed by atoms with Crippen LogP contribution < -0.4 is 10.6 Å². The van der Waals surface area contributed by atoms with Crippen molar-refractivity contribution in [3.8, 4) is 0 Å². The van der Waals surface area contributed by atoms with E-state index in [4.69, 9.17) is 0 Å². The van der Waals surface area contributed by atoms with Gasteiger partial charge in [0, 0.05) is 22.5 Å². The number of rotatable bonds is 6. The SMILES string of the molecule is CC(C)c1cccc(C(C)C)c1NC(=O)NCC1(c2cccs2)CCCC1. The molecule has 3 rings (SSSR count). The number of carbonyl (C=O) groups excluding carboxylic acids is 1. The van der Waals surface area contributed by atoms with Crippen molar-refractivity contribution in [2.75, 3.05) is 11.9 Å². The Morgan fingerprint density at radius 1 is 1.04 bits per heavy atom. The normalized spacial score (nSPS) is 16.1. The highest BCUT2D eigenvalue weighted by Crippen LogP contribution is 2.42. The topological polar surface area (TPSA) is 41.1 Å². The van der Waals surface area contributed by atoms with Gasteiger partial charge in [0.15, 0.2) is 0 Å². The molecule has 0 bridgehead atoms. The van der Waals surface area contributed by atoms with Crippen LogP contribution in [0.15, 0.2) is 35.7 Å². The van der Waals surface area contributed by atoms with Crippen molar-refractivity contribution < 1.29 is 4.79 Å². The first kappa shape index (κ1) is 19.9. The van der Waals surface area contributed by atoms with Crippen LogP contribution in [0.25, 0.3) is 0 Å². The maximum atomic E-state index is 12.8. The van der Waals surface area contributed by atoms with Crippen LogP contribution in [0.3, 0.4) is 0 Å². The summed E-state index contributed by atoms with van der Waals surface area (Å²) in [7, 11) is 0. The molecule has 4 heteroatoms. The summed E-state index contributed by atoms with van der Waals surface area (Å²) in [6.45, 7) is 9.40. The molecule has 27 heavy (non-hydrogen) atoms. The average molecular weight is 385 g/mol. The Kier molecular flexibility index (Phi) is 6.25. The predicted octanol–water partition coefficient (Wildman–Crippen LogP) is 6.63. The summed E-state index contributed by atoms with van der Waals surface area (Å²) in [6.07, 6.45) is 4.81. The summed E-state index contributed by atoms with van der Waals surface area (Å²) in [4.78, 5) is 14.2. The summed E-state index contributed by atoms with van der Waals surface area (Å²) in [5.74, 6) is 0.734. The summed E-state index contributed by atoms with van der Waals surface area (Å²) in [5.41, 5.74) is 3.50. The van der Waals surface area contributed by atoms with Crippen LogP contribution in [-0.2, 0) is 5.41 Å². The molecule has 1 fully saturated rings. The van der Waals surface area contributed by atoms with E-state index in [9.17, 15) is 4.79 Å². The Morgan fingerprint density at radius 3 is 2.19 bits per heavy atom. The number of hydrogen-bond acceptors (Lipinski definition) is 2. The number of amides is 2. The van der Waals surface area contributed by atoms with Crippen molar-refractivity contribution in [1.82, 2.24) is 5.32 Å². The monoisotopic (exact) mass is 384 g/mol. The van der Waals surface area contributed by atoms with Crippen molar-refractivity contribution in [3.63, 3.8) is 0 Å². The van der Waals surface area contributed by atoms with Crippen LogP contribution in [-0.4, -0.2) is 12.6 Å². The van der Waals surface area contributed by atoms with Gasteiger partial charge < -0.3 is 10.6 Å². The number of carbonyl (C=O) groups is 1. The van der Waals surface area contributed by atoms with Crippen molar-refractivity contribution in [3.05, 3.63) is 51.7 Å². The second-order valence-electron chi connectivity index (χ2n) is 8.39. The third-order valence-electron chi connectivity index (χ3n) is 5.80. The summed E-state index contributed by atoms with van der Waals surface area (Å²) < 4.78 is 0. The zero-order valence-corrected chi connectivity index (χ0v) is 17.8. The minimum Gasteiger partial charge on any atom is -0.337 e. The molecule has 146 valence electrons. The molecular formula is C23H32N2OS. The fourth-order valence-corrected chi connectivity index (χ4v) is 5.23. The highest BCUT2D eigenvalue weighted by molar-refractivity contribution is 7.10. The molecule has 2 amide bonds. The van der Waals surface area contributed by atoms with Gasteiger partial charge in [-0.15, -0.1) is 11.3 Å². The van der Waals surface area contributed by atoms with Crippen LogP contribution >= 0.6 is 11.3 Å². The first-order valence-corrected chi connectivity index (χ1v) is 11.0. The maximum Gasteiger partial charge on any atom is 0.319 e. The van der Waals surface area contributed by atoms with E-state index >= 15 is 0 Å². The Balaban J connectivity index is 1.75. The smallest absolute Gasteiger partial charge is 0.319 e. The van der Waals surface area contributed by atoms with Crippen LogP contribution in [0.4, 0.5) is 10.5 Å². The van der Waals surface area contributed by atoms with Crippen LogP contribution in [0.2, 0.25) is 0 Å². The molecule has 1 aliphatic rings. The molecule has 0 saturated heterocycles. The molecule has 0 unspecified atom stereocenters. The zero-order valence-electron chi connectivity index (χ0n) is 17.0. The molecule has 1 saturated carbocycles. The number of hydrogen-bond donors (Lipinski definition) is 2. The van der Waals surface area contributed by atoms with E-state index in [2.05, 4.69) is 74.0 Å². The largest absolute Gasteiger partial charge is 0.337 e. The van der Waals surface area contributed by atoms with Gasteiger partial charge in [0.25, 0.3) is 0 Å². The van der Waals surface area contributed by atoms with E-state index in [0.717, 1.165) is 18.5 Å². The molecule has 2 N–H and O–H groups in total. The quantitative estimate of drug-likeness (QED) is 0.576. The molecule has 3 nitrogen and oxygen atoms in total. The number of anilines is 1. The Bertz CT molecular complexity index is 732. The molecule has 1 heterocycles. The van der Waals surface area contributed by atoms with E-state index in [-0.39, 0.29) is 11.4 Å². The number of para-hydroxylation sites is 1. The lowest BCUT2D eigenvalue weighted by Gasteiger charge is -2.28.